The van der Waals surface area contributed by atoms with Crippen molar-refractivity contribution in [3.05, 3.63) is 81.2 Å². The second-order valence-corrected chi connectivity index (χ2v) is 8.65. The van der Waals surface area contributed by atoms with Crippen LogP contribution in [0.15, 0.2) is 75.3 Å². The number of amides is 1. The molecule has 0 unspecified atom stereocenters. The molecule has 1 amide bonds. The van der Waals surface area contributed by atoms with E-state index >= 15 is 0 Å². The van der Waals surface area contributed by atoms with Gasteiger partial charge in [-0.15, -0.1) is 11.3 Å². The fourth-order valence-corrected chi connectivity index (χ4v) is 4.50. The Balaban J connectivity index is 1.73. The van der Waals surface area contributed by atoms with Crippen molar-refractivity contribution in [2.75, 3.05) is 5.32 Å². The summed E-state index contributed by atoms with van der Waals surface area (Å²) < 4.78 is 1.05. The molecule has 134 valence electrons. The van der Waals surface area contributed by atoms with Gasteiger partial charge in [0.1, 0.15) is 11.6 Å². The number of nitrogens with zero attached hydrogens (tertiary/aromatic N) is 1. The van der Waals surface area contributed by atoms with Crippen molar-refractivity contribution < 1.29 is 4.79 Å². The zero-order valence-corrected chi connectivity index (χ0v) is 16.9. The van der Waals surface area contributed by atoms with Crippen LogP contribution < -0.4 is 5.32 Å². The maximum atomic E-state index is 12.4. The first-order valence-electron chi connectivity index (χ1n) is 7.76. The molecule has 0 atom stereocenters. The standard InChI is InChI=1S/C20H12Cl2N2OS2/c21-14-5-7-15(8-6-14)26-19-10-9-16(27-19)11-13(12-23)20(25)24-18-4-2-1-3-17(18)22/h1-11H,(H,24,25)/b13-11+. The van der Waals surface area contributed by atoms with Crippen LogP contribution in [0.1, 0.15) is 4.88 Å². The minimum atomic E-state index is -0.495. The van der Waals surface area contributed by atoms with Crippen molar-refractivity contribution in [3.63, 3.8) is 0 Å². The minimum absolute atomic E-state index is 0.0137. The van der Waals surface area contributed by atoms with Gasteiger partial charge in [0, 0.05) is 14.8 Å². The lowest BCUT2D eigenvalue weighted by Gasteiger charge is -2.05. The van der Waals surface area contributed by atoms with Crippen molar-refractivity contribution in [1.82, 2.24) is 0 Å². The molecular weight excluding hydrogens is 419 g/mol. The van der Waals surface area contributed by atoms with Crippen LogP contribution in [0.5, 0.6) is 0 Å². The fraction of sp³-hybridized carbons (Fsp3) is 0. The average Bonchev–Trinajstić information content (AvgIpc) is 3.10. The highest BCUT2D eigenvalue weighted by Crippen LogP contribution is 2.34. The van der Waals surface area contributed by atoms with Gasteiger partial charge in [-0.25, -0.2) is 0 Å². The summed E-state index contributed by atoms with van der Waals surface area (Å²) in [5.74, 6) is -0.495. The Morgan fingerprint density at radius 1 is 1.07 bits per heavy atom. The number of halogens is 2. The van der Waals surface area contributed by atoms with Gasteiger partial charge in [0.25, 0.3) is 5.91 Å². The zero-order valence-electron chi connectivity index (χ0n) is 13.8. The number of hydrogen-bond acceptors (Lipinski definition) is 4. The second-order valence-electron chi connectivity index (χ2n) is 5.32. The normalized spacial score (nSPS) is 11.1. The number of para-hydroxylation sites is 1. The molecule has 0 saturated heterocycles. The predicted octanol–water partition coefficient (Wildman–Crippen LogP) is 6.75. The molecule has 3 nitrogen and oxygen atoms in total. The molecule has 0 bridgehead atoms. The molecule has 0 spiro atoms. The maximum Gasteiger partial charge on any atom is 0.266 e. The third-order valence-corrected chi connectivity index (χ3v) is 6.16. The number of benzene rings is 2. The molecule has 3 aromatic rings. The van der Waals surface area contributed by atoms with E-state index in [0.29, 0.717) is 15.7 Å². The first-order valence-corrected chi connectivity index (χ1v) is 10.1. The third kappa shape index (κ3) is 5.38. The molecular formula is C20H12Cl2N2OS2. The topological polar surface area (TPSA) is 52.9 Å². The number of hydrogen-bond donors (Lipinski definition) is 1. The third-order valence-electron chi connectivity index (χ3n) is 3.41. The first kappa shape index (κ1) is 19.5. The molecule has 0 saturated carbocycles. The van der Waals surface area contributed by atoms with Gasteiger partial charge in [0.2, 0.25) is 0 Å². The SMILES string of the molecule is N#C/C(=C\c1ccc(Sc2ccc(Cl)cc2)s1)C(=O)Nc1ccccc1Cl. The van der Waals surface area contributed by atoms with Crippen LogP contribution in [0, 0.1) is 11.3 Å². The lowest BCUT2D eigenvalue weighted by Crippen LogP contribution is -2.13. The summed E-state index contributed by atoms with van der Waals surface area (Å²) in [6.45, 7) is 0. The average molecular weight is 431 g/mol. The molecule has 0 aliphatic heterocycles. The predicted molar refractivity (Wildman–Crippen MR) is 114 cm³/mol. The summed E-state index contributed by atoms with van der Waals surface area (Å²) in [6.07, 6.45) is 1.57. The van der Waals surface area contributed by atoms with Crippen LogP contribution in [-0.4, -0.2) is 5.91 Å². The van der Waals surface area contributed by atoms with E-state index in [-0.39, 0.29) is 5.57 Å². The van der Waals surface area contributed by atoms with E-state index in [2.05, 4.69) is 5.32 Å². The van der Waals surface area contributed by atoms with Crippen molar-refractivity contribution in [3.8, 4) is 6.07 Å². The molecule has 1 N–H and O–H groups in total. The number of anilines is 1. The van der Waals surface area contributed by atoms with Crippen LogP contribution in [0.4, 0.5) is 5.69 Å². The van der Waals surface area contributed by atoms with Gasteiger partial charge in [-0.3, -0.25) is 4.79 Å². The monoisotopic (exact) mass is 430 g/mol. The maximum absolute atomic E-state index is 12.4. The van der Waals surface area contributed by atoms with E-state index < -0.39 is 5.91 Å². The zero-order chi connectivity index (χ0) is 19.2. The van der Waals surface area contributed by atoms with Crippen LogP contribution in [-0.2, 0) is 4.79 Å². The molecule has 0 aliphatic rings. The van der Waals surface area contributed by atoms with Crippen molar-refractivity contribution in [1.29, 1.82) is 5.26 Å². The summed E-state index contributed by atoms with van der Waals surface area (Å²) in [5.41, 5.74) is 0.482. The van der Waals surface area contributed by atoms with E-state index in [9.17, 15) is 10.1 Å². The van der Waals surface area contributed by atoms with E-state index in [1.54, 1.807) is 42.1 Å². The largest absolute Gasteiger partial charge is 0.320 e. The molecule has 0 aliphatic carbocycles. The summed E-state index contributed by atoms with van der Waals surface area (Å²) in [4.78, 5) is 14.2. The highest BCUT2D eigenvalue weighted by Gasteiger charge is 2.12. The Bertz CT molecular complexity index is 1040. The van der Waals surface area contributed by atoms with Crippen LogP contribution in [0.25, 0.3) is 6.08 Å². The quantitative estimate of drug-likeness (QED) is 0.359. The number of carbonyl (C=O) groups excluding carboxylic acids is 1. The number of thiophene rings is 1. The van der Waals surface area contributed by atoms with E-state index in [0.717, 1.165) is 14.0 Å². The minimum Gasteiger partial charge on any atom is -0.320 e. The number of nitrogens with one attached hydrogen (secondary N) is 1. The second kappa shape index (κ2) is 9.12. The molecule has 27 heavy (non-hydrogen) atoms. The van der Waals surface area contributed by atoms with Gasteiger partial charge in [-0.05, 0) is 54.6 Å². The fourth-order valence-electron chi connectivity index (χ4n) is 2.13. The Morgan fingerprint density at radius 2 is 1.81 bits per heavy atom. The summed E-state index contributed by atoms with van der Waals surface area (Å²) >= 11 is 15.0. The van der Waals surface area contributed by atoms with Crippen LogP contribution >= 0.6 is 46.3 Å². The van der Waals surface area contributed by atoms with E-state index in [1.165, 1.54) is 11.3 Å². The summed E-state index contributed by atoms with van der Waals surface area (Å²) in [6, 6.07) is 20.2. The highest BCUT2D eigenvalue weighted by molar-refractivity contribution is 8.01. The van der Waals surface area contributed by atoms with E-state index in [1.807, 2.05) is 42.5 Å². The van der Waals surface area contributed by atoms with Crippen LogP contribution in [0.2, 0.25) is 10.0 Å². The molecule has 3 rings (SSSR count). The molecule has 0 fully saturated rings. The van der Waals surface area contributed by atoms with Gasteiger partial charge in [0.05, 0.1) is 14.9 Å². The number of rotatable bonds is 5. The smallest absolute Gasteiger partial charge is 0.266 e. The molecule has 0 radical (unpaired) electrons. The van der Waals surface area contributed by atoms with Gasteiger partial charge >= 0.3 is 0 Å². The number of nitriles is 1. The molecule has 7 heteroatoms. The van der Waals surface area contributed by atoms with Gasteiger partial charge in [0.15, 0.2) is 0 Å². The Morgan fingerprint density at radius 3 is 2.52 bits per heavy atom. The highest BCUT2D eigenvalue weighted by atomic mass is 35.5. The molecule has 1 heterocycles. The summed E-state index contributed by atoms with van der Waals surface area (Å²) in [5, 5.41) is 13.1. The van der Waals surface area contributed by atoms with Crippen molar-refractivity contribution in [2.24, 2.45) is 0 Å². The molecule has 2 aromatic carbocycles. The lowest BCUT2D eigenvalue weighted by molar-refractivity contribution is -0.112. The Hall–Kier alpha value is -2.23. The van der Waals surface area contributed by atoms with Crippen molar-refractivity contribution >= 4 is 64.0 Å². The summed E-state index contributed by atoms with van der Waals surface area (Å²) in [7, 11) is 0. The lowest BCUT2D eigenvalue weighted by atomic mass is 10.2. The first-order chi connectivity index (χ1) is 13.0. The van der Waals surface area contributed by atoms with Gasteiger partial charge < -0.3 is 5.32 Å². The van der Waals surface area contributed by atoms with E-state index in [4.69, 9.17) is 23.2 Å². The number of carbonyl (C=O) groups is 1. The Labute approximate surface area is 175 Å². The van der Waals surface area contributed by atoms with Crippen molar-refractivity contribution in [2.45, 2.75) is 9.10 Å². The Kier molecular flexibility index (Phi) is 6.59. The van der Waals surface area contributed by atoms with Gasteiger partial charge in [-0.1, -0.05) is 47.1 Å². The molecule has 1 aromatic heterocycles. The van der Waals surface area contributed by atoms with Crippen LogP contribution in [0.3, 0.4) is 0 Å². The van der Waals surface area contributed by atoms with Gasteiger partial charge in [-0.2, -0.15) is 5.26 Å².